The summed E-state index contributed by atoms with van der Waals surface area (Å²) in [6.45, 7) is 0.664. The SMILES string of the molecule is Cc1cccc2c(C(=O)NCC(=O)N3CC(F)(F)C[C@H]3C#N)c[nH]c12. The van der Waals surface area contributed by atoms with Crippen LogP contribution in [0.4, 0.5) is 8.78 Å². The van der Waals surface area contributed by atoms with E-state index < -0.39 is 43.3 Å². The van der Waals surface area contributed by atoms with Gasteiger partial charge < -0.3 is 15.2 Å². The number of rotatable bonds is 3. The van der Waals surface area contributed by atoms with Crippen LogP contribution in [0.3, 0.4) is 0 Å². The Kier molecular flexibility index (Phi) is 4.17. The number of nitrogens with zero attached hydrogens (tertiary/aromatic N) is 2. The van der Waals surface area contributed by atoms with E-state index in [1.54, 1.807) is 18.3 Å². The minimum absolute atomic E-state index is 0.370. The fraction of sp³-hybridized carbons (Fsp3) is 0.353. The first-order valence-electron chi connectivity index (χ1n) is 7.74. The first kappa shape index (κ1) is 16.9. The smallest absolute Gasteiger partial charge is 0.268 e. The number of aromatic amines is 1. The van der Waals surface area contributed by atoms with E-state index in [-0.39, 0.29) is 0 Å². The van der Waals surface area contributed by atoms with Crippen molar-refractivity contribution >= 4 is 22.7 Å². The molecule has 0 unspecified atom stereocenters. The predicted molar refractivity (Wildman–Crippen MR) is 86.0 cm³/mol. The molecule has 8 heteroatoms. The Balaban J connectivity index is 1.69. The average molecular weight is 346 g/mol. The maximum absolute atomic E-state index is 13.4. The lowest BCUT2D eigenvalue weighted by atomic mass is 10.1. The number of amides is 2. The molecule has 130 valence electrons. The topological polar surface area (TPSA) is 89.0 Å². The standard InChI is InChI=1S/C17H16F2N4O2/c1-10-3-2-4-12-13(7-21-15(10)12)16(25)22-8-14(24)23-9-17(18,19)5-11(23)6-20/h2-4,7,11,21H,5,8-9H2,1H3,(H,22,25)/t11-/m0/s1. The van der Waals surface area contributed by atoms with Crippen LogP contribution >= 0.6 is 0 Å². The lowest BCUT2D eigenvalue weighted by molar-refractivity contribution is -0.131. The molecule has 3 rings (SSSR count). The molecule has 0 aliphatic carbocycles. The van der Waals surface area contributed by atoms with Gasteiger partial charge in [0.2, 0.25) is 5.91 Å². The van der Waals surface area contributed by atoms with Gasteiger partial charge in [0.25, 0.3) is 11.8 Å². The van der Waals surface area contributed by atoms with Gasteiger partial charge in [-0.25, -0.2) is 8.78 Å². The summed E-state index contributed by atoms with van der Waals surface area (Å²) in [4.78, 5) is 28.3. The van der Waals surface area contributed by atoms with Gasteiger partial charge in [-0.05, 0) is 12.5 Å². The normalized spacial score (nSPS) is 19.0. The molecule has 0 spiro atoms. The zero-order chi connectivity index (χ0) is 18.2. The molecular formula is C17H16F2N4O2. The van der Waals surface area contributed by atoms with E-state index in [0.29, 0.717) is 10.9 Å². The Labute approximate surface area is 142 Å². The number of H-pyrrole nitrogens is 1. The van der Waals surface area contributed by atoms with Gasteiger partial charge in [0.1, 0.15) is 6.04 Å². The van der Waals surface area contributed by atoms with Crippen LogP contribution in [0, 0.1) is 18.3 Å². The molecule has 0 saturated carbocycles. The molecule has 0 radical (unpaired) electrons. The summed E-state index contributed by atoms with van der Waals surface area (Å²) in [7, 11) is 0. The number of alkyl halides is 2. The van der Waals surface area contributed by atoms with Crippen LogP contribution in [-0.2, 0) is 4.79 Å². The summed E-state index contributed by atoms with van der Waals surface area (Å²) >= 11 is 0. The molecule has 1 aliphatic rings. The summed E-state index contributed by atoms with van der Waals surface area (Å²) in [5.41, 5.74) is 2.17. The molecule has 1 aliphatic heterocycles. The number of fused-ring (bicyclic) bond motifs is 1. The Hall–Kier alpha value is -2.95. The number of hydrogen-bond donors (Lipinski definition) is 2. The van der Waals surface area contributed by atoms with E-state index in [9.17, 15) is 18.4 Å². The Morgan fingerprint density at radius 1 is 1.48 bits per heavy atom. The number of carbonyl (C=O) groups excluding carboxylic acids is 2. The maximum Gasteiger partial charge on any atom is 0.268 e. The molecule has 25 heavy (non-hydrogen) atoms. The fourth-order valence-corrected chi connectivity index (χ4v) is 3.04. The van der Waals surface area contributed by atoms with Crippen molar-refractivity contribution in [1.82, 2.24) is 15.2 Å². The van der Waals surface area contributed by atoms with Crippen LogP contribution in [-0.4, -0.2) is 46.8 Å². The molecule has 1 aromatic carbocycles. The van der Waals surface area contributed by atoms with Gasteiger partial charge in [-0.3, -0.25) is 9.59 Å². The summed E-state index contributed by atoms with van der Waals surface area (Å²) < 4.78 is 26.8. The number of benzene rings is 1. The second-order valence-corrected chi connectivity index (χ2v) is 6.11. The first-order chi connectivity index (χ1) is 11.8. The van der Waals surface area contributed by atoms with Gasteiger partial charge in [-0.15, -0.1) is 0 Å². The van der Waals surface area contributed by atoms with Crippen LogP contribution < -0.4 is 5.32 Å². The maximum atomic E-state index is 13.4. The fourth-order valence-electron chi connectivity index (χ4n) is 3.04. The van der Waals surface area contributed by atoms with Crippen LogP contribution in [0.25, 0.3) is 10.9 Å². The number of aromatic nitrogens is 1. The molecule has 0 bridgehead atoms. The van der Waals surface area contributed by atoms with Gasteiger partial charge in [0.15, 0.2) is 0 Å². The predicted octanol–water partition coefficient (Wildman–Crippen LogP) is 1.97. The van der Waals surface area contributed by atoms with E-state index in [2.05, 4.69) is 10.3 Å². The zero-order valence-corrected chi connectivity index (χ0v) is 13.5. The minimum Gasteiger partial charge on any atom is -0.360 e. The van der Waals surface area contributed by atoms with Crippen molar-refractivity contribution in [3.05, 3.63) is 35.5 Å². The van der Waals surface area contributed by atoms with Gasteiger partial charge in [0.05, 0.1) is 24.7 Å². The highest BCUT2D eigenvalue weighted by Gasteiger charge is 2.47. The van der Waals surface area contributed by atoms with E-state index in [1.807, 2.05) is 19.1 Å². The van der Waals surface area contributed by atoms with E-state index in [1.165, 1.54) is 0 Å². The molecule has 1 fully saturated rings. The van der Waals surface area contributed by atoms with Crippen LogP contribution in [0.5, 0.6) is 0 Å². The molecule has 1 saturated heterocycles. The molecule has 2 heterocycles. The number of carbonyl (C=O) groups is 2. The molecule has 2 amide bonds. The molecular weight excluding hydrogens is 330 g/mol. The number of likely N-dealkylation sites (tertiary alicyclic amines) is 1. The quantitative estimate of drug-likeness (QED) is 0.890. The number of para-hydroxylation sites is 1. The van der Waals surface area contributed by atoms with Gasteiger partial charge >= 0.3 is 0 Å². The number of nitrogens with one attached hydrogen (secondary N) is 2. The van der Waals surface area contributed by atoms with Crippen molar-refractivity contribution in [3.63, 3.8) is 0 Å². The van der Waals surface area contributed by atoms with Gasteiger partial charge in [-0.1, -0.05) is 18.2 Å². The third-order valence-electron chi connectivity index (χ3n) is 4.31. The molecule has 1 atom stereocenters. The van der Waals surface area contributed by atoms with E-state index >= 15 is 0 Å². The molecule has 2 aromatic rings. The van der Waals surface area contributed by atoms with Crippen LogP contribution in [0.1, 0.15) is 22.3 Å². The monoisotopic (exact) mass is 346 g/mol. The van der Waals surface area contributed by atoms with Crippen molar-refractivity contribution in [3.8, 4) is 6.07 Å². The third kappa shape index (κ3) is 3.18. The molecule has 6 nitrogen and oxygen atoms in total. The van der Waals surface area contributed by atoms with Crippen molar-refractivity contribution in [1.29, 1.82) is 5.26 Å². The van der Waals surface area contributed by atoms with Crippen molar-refractivity contribution in [2.75, 3.05) is 13.1 Å². The van der Waals surface area contributed by atoms with Gasteiger partial charge in [-0.2, -0.15) is 5.26 Å². The van der Waals surface area contributed by atoms with E-state index in [4.69, 9.17) is 5.26 Å². The number of hydrogen-bond acceptors (Lipinski definition) is 3. The van der Waals surface area contributed by atoms with Crippen molar-refractivity contribution in [2.45, 2.75) is 25.3 Å². The zero-order valence-electron chi connectivity index (χ0n) is 13.5. The lowest BCUT2D eigenvalue weighted by Gasteiger charge is -2.19. The first-order valence-corrected chi connectivity index (χ1v) is 7.74. The third-order valence-corrected chi connectivity index (χ3v) is 4.31. The van der Waals surface area contributed by atoms with Crippen molar-refractivity contribution < 1.29 is 18.4 Å². The summed E-state index contributed by atoms with van der Waals surface area (Å²) in [5, 5.41) is 12.1. The Morgan fingerprint density at radius 2 is 2.24 bits per heavy atom. The minimum atomic E-state index is -3.07. The lowest BCUT2D eigenvalue weighted by Crippen LogP contribution is -2.42. The molecule has 2 N–H and O–H groups in total. The highest BCUT2D eigenvalue weighted by atomic mass is 19.3. The number of halogens is 2. The van der Waals surface area contributed by atoms with Crippen molar-refractivity contribution in [2.24, 2.45) is 0 Å². The Morgan fingerprint density at radius 3 is 2.96 bits per heavy atom. The second-order valence-electron chi connectivity index (χ2n) is 6.11. The Bertz CT molecular complexity index is 884. The van der Waals surface area contributed by atoms with Crippen LogP contribution in [0.15, 0.2) is 24.4 Å². The number of aryl methyl sites for hydroxylation is 1. The summed E-state index contributed by atoms with van der Waals surface area (Å²) in [6.07, 6.45) is 0.866. The highest BCUT2D eigenvalue weighted by Crippen LogP contribution is 2.31. The number of nitriles is 1. The van der Waals surface area contributed by atoms with Crippen LogP contribution in [0.2, 0.25) is 0 Å². The largest absolute Gasteiger partial charge is 0.360 e. The summed E-state index contributed by atoms with van der Waals surface area (Å²) in [6, 6.07) is 6.03. The van der Waals surface area contributed by atoms with E-state index in [0.717, 1.165) is 16.0 Å². The summed E-state index contributed by atoms with van der Waals surface area (Å²) in [5.74, 6) is -4.26. The second kappa shape index (κ2) is 6.16. The molecule has 1 aromatic heterocycles. The average Bonchev–Trinajstić information content (AvgIpc) is 3.13. The van der Waals surface area contributed by atoms with Gasteiger partial charge in [0, 0.05) is 23.5 Å². The highest BCUT2D eigenvalue weighted by molar-refractivity contribution is 6.08.